The Morgan fingerprint density at radius 1 is 1.05 bits per heavy atom. The van der Waals surface area contributed by atoms with Gasteiger partial charge in [-0.1, -0.05) is 12.1 Å². The normalized spacial score (nSPS) is 17.2. The SMILES string of the molecule is CCn1ccc(C)c(N2C[C@@H](c3ccc(OC)cc3)[C@H](NC(=O)c3ccc(OC(F)F)cc3)C2=O)c1=O. The molecule has 0 spiro atoms. The van der Waals surface area contributed by atoms with Crippen molar-refractivity contribution in [1.82, 2.24) is 9.88 Å². The molecule has 1 aliphatic rings. The van der Waals surface area contributed by atoms with E-state index in [2.05, 4.69) is 10.1 Å². The van der Waals surface area contributed by atoms with Gasteiger partial charge in [-0.25, -0.2) is 0 Å². The fourth-order valence-electron chi connectivity index (χ4n) is 4.49. The van der Waals surface area contributed by atoms with Crippen LogP contribution in [-0.2, 0) is 11.3 Å². The number of benzene rings is 2. The van der Waals surface area contributed by atoms with Gasteiger partial charge >= 0.3 is 6.61 Å². The molecule has 0 unspecified atom stereocenters. The van der Waals surface area contributed by atoms with Gasteiger partial charge in [0, 0.05) is 30.8 Å². The first kappa shape index (κ1) is 25.9. The fraction of sp³-hybridized carbons (Fsp3) is 0.296. The molecule has 0 aliphatic carbocycles. The van der Waals surface area contributed by atoms with E-state index in [9.17, 15) is 23.2 Å². The van der Waals surface area contributed by atoms with Gasteiger partial charge in [-0.05, 0) is 67.4 Å². The Labute approximate surface area is 212 Å². The predicted octanol–water partition coefficient (Wildman–Crippen LogP) is 3.72. The second-order valence-electron chi connectivity index (χ2n) is 8.62. The number of methoxy groups -OCH3 is 1. The van der Waals surface area contributed by atoms with Crippen LogP contribution in [0.25, 0.3) is 0 Å². The third-order valence-electron chi connectivity index (χ3n) is 6.44. The lowest BCUT2D eigenvalue weighted by Crippen LogP contribution is -2.44. The van der Waals surface area contributed by atoms with Gasteiger partial charge in [-0.15, -0.1) is 0 Å². The number of ether oxygens (including phenoxy) is 2. The summed E-state index contributed by atoms with van der Waals surface area (Å²) in [6.45, 7) is 1.25. The molecule has 3 aromatic rings. The number of halogens is 2. The number of aromatic nitrogens is 1. The number of pyridine rings is 1. The van der Waals surface area contributed by atoms with Crippen LogP contribution in [-0.4, -0.2) is 42.7 Å². The van der Waals surface area contributed by atoms with Crippen molar-refractivity contribution < 1.29 is 27.8 Å². The second-order valence-corrected chi connectivity index (χ2v) is 8.62. The second kappa shape index (κ2) is 10.8. The summed E-state index contributed by atoms with van der Waals surface area (Å²) < 4.78 is 36.0. The van der Waals surface area contributed by atoms with Gasteiger partial charge in [-0.3, -0.25) is 14.4 Å². The zero-order valence-corrected chi connectivity index (χ0v) is 20.6. The lowest BCUT2D eigenvalue weighted by atomic mass is 9.93. The zero-order valence-electron chi connectivity index (χ0n) is 20.6. The Morgan fingerprint density at radius 3 is 2.30 bits per heavy atom. The van der Waals surface area contributed by atoms with E-state index in [1.54, 1.807) is 38.4 Å². The van der Waals surface area contributed by atoms with Crippen molar-refractivity contribution in [1.29, 1.82) is 0 Å². The summed E-state index contributed by atoms with van der Waals surface area (Å²) in [5.41, 5.74) is 1.60. The summed E-state index contributed by atoms with van der Waals surface area (Å²) >= 11 is 0. The van der Waals surface area contributed by atoms with Gasteiger partial charge in [0.25, 0.3) is 11.5 Å². The molecular formula is C27H27F2N3O5. The predicted molar refractivity (Wildman–Crippen MR) is 134 cm³/mol. The van der Waals surface area contributed by atoms with Crippen molar-refractivity contribution in [2.45, 2.75) is 39.0 Å². The molecule has 8 nitrogen and oxygen atoms in total. The van der Waals surface area contributed by atoms with E-state index in [0.717, 1.165) is 5.56 Å². The molecule has 0 radical (unpaired) electrons. The first-order valence-electron chi connectivity index (χ1n) is 11.7. The number of anilines is 1. The maximum absolute atomic E-state index is 13.7. The minimum absolute atomic E-state index is 0.0856. The number of hydrogen-bond donors (Lipinski definition) is 1. The van der Waals surface area contributed by atoms with E-state index < -0.39 is 30.4 Å². The molecule has 194 valence electrons. The van der Waals surface area contributed by atoms with E-state index in [4.69, 9.17) is 4.74 Å². The van der Waals surface area contributed by atoms with Gasteiger partial charge in [-0.2, -0.15) is 8.78 Å². The van der Waals surface area contributed by atoms with Gasteiger partial charge in [0.05, 0.1) is 7.11 Å². The van der Waals surface area contributed by atoms with Gasteiger partial charge in [0.15, 0.2) is 0 Å². The summed E-state index contributed by atoms with van der Waals surface area (Å²) in [6.07, 6.45) is 1.68. The van der Waals surface area contributed by atoms with Crippen LogP contribution < -0.4 is 25.2 Å². The van der Waals surface area contributed by atoms with Crippen molar-refractivity contribution >= 4 is 17.5 Å². The Morgan fingerprint density at radius 2 is 1.70 bits per heavy atom. The molecule has 37 heavy (non-hydrogen) atoms. The number of amides is 2. The van der Waals surface area contributed by atoms with Crippen molar-refractivity contribution in [3.8, 4) is 11.5 Å². The minimum Gasteiger partial charge on any atom is -0.497 e. The lowest BCUT2D eigenvalue weighted by molar-refractivity contribution is -0.118. The number of nitrogens with zero attached hydrogens (tertiary/aromatic N) is 2. The van der Waals surface area contributed by atoms with Crippen LogP contribution in [0.15, 0.2) is 65.6 Å². The summed E-state index contributed by atoms with van der Waals surface area (Å²) in [6, 6.07) is 13.2. The molecule has 2 heterocycles. The van der Waals surface area contributed by atoms with Crippen LogP contribution in [0.4, 0.5) is 14.5 Å². The molecule has 1 fully saturated rings. The molecule has 2 atom stereocenters. The minimum atomic E-state index is -2.98. The van der Waals surface area contributed by atoms with E-state index in [-0.39, 0.29) is 29.1 Å². The van der Waals surface area contributed by atoms with E-state index >= 15 is 0 Å². The van der Waals surface area contributed by atoms with Crippen molar-refractivity contribution in [2.24, 2.45) is 0 Å². The Bertz CT molecular complexity index is 1340. The number of hydrogen-bond acceptors (Lipinski definition) is 5. The van der Waals surface area contributed by atoms with Crippen LogP contribution in [0, 0.1) is 6.92 Å². The molecule has 1 aliphatic heterocycles. The van der Waals surface area contributed by atoms with E-state index in [0.29, 0.717) is 17.9 Å². The van der Waals surface area contributed by atoms with Crippen LogP contribution in [0.2, 0.25) is 0 Å². The maximum atomic E-state index is 13.7. The number of alkyl halides is 2. The molecule has 2 amide bonds. The molecule has 1 N–H and O–H groups in total. The monoisotopic (exact) mass is 511 g/mol. The highest BCUT2D eigenvalue weighted by molar-refractivity contribution is 6.05. The number of carbonyl (C=O) groups is 2. The molecule has 4 rings (SSSR count). The Kier molecular flexibility index (Phi) is 7.56. The molecule has 2 aromatic carbocycles. The average molecular weight is 512 g/mol. The number of nitrogens with one attached hydrogen (secondary N) is 1. The smallest absolute Gasteiger partial charge is 0.387 e. The topological polar surface area (TPSA) is 89.9 Å². The van der Waals surface area contributed by atoms with Crippen molar-refractivity contribution in [2.75, 3.05) is 18.6 Å². The van der Waals surface area contributed by atoms with Gasteiger partial charge in [0.1, 0.15) is 23.2 Å². The van der Waals surface area contributed by atoms with Gasteiger partial charge < -0.3 is 24.3 Å². The third kappa shape index (κ3) is 5.32. The number of aryl methyl sites for hydroxylation is 2. The highest BCUT2D eigenvalue weighted by Gasteiger charge is 2.44. The molecule has 10 heteroatoms. The first-order chi connectivity index (χ1) is 17.7. The van der Waals surface area contributed by atoms with E-state index in [1.165, 1.54) is 33.7 Å². The fourth-order valence-corrected chi connectivity index (χ4v) is 4.49. The van der Waals surface area contributed by atoms with Crippen molar-refractivity contribution in [3.05, 3.63) is 87.8 Å². The zero-order chi connectivity index (χ0) is 26.7. The van der Waals surface area contributed by atoms with E-state index in [1.807, 2.05) is 19.1 Å². The molecule has 1 saturated heterocycles. The highest BCUT2D eigenvalue weighted by Crippen LogP contribution is 2.33. The lowest BCUT2D eigenvalue weighted by Gasteiger charge is -2.19. The average Bonchev–Trinajstić information content (AvgIpc) is 3.19. The number of carbonyl (C=O) groups excluding carboxylic acids is 2. The van der Waals surface area contributed by atoms with Crippen LogP contribution >= 0.6 is 0 Å². The summed E-state index contributed by atoms with van der Waals surface area (Å²) in [5.74, 6) is -0.879. The molecule has 1 aromatic heterocycles. The van der Waals surface area contributed by atoms with Crippen LogP contribution in [0.1, 0.15) is 34.3 Å². The van der Waals surface area contributed by atoms with Gasteiger partial charge in [0.2, 0.25) is 5.91 Å². The van der Waals surface area contributed by atoms with Crippen LogP contribution in [0.5, 0.6) is 11.5 Å². The van der Waals surface area contributed by atoms with Crippen LogP contribution in [0.3, 0.4) is 0 Å². The molecule has 0 saturated carbocycles. The largest absolute Gasteiger partial charge is 0.497 e. The first-order valence-corrected chi connectivity index (χ1v) is 11.7. The third-order valence-corrected chi connectivity index (χ3v) is 6.44. The summed E-state index contributed by atoms with van der Waals surface area (Å²) in [4.78, 5) is 41.3. The summed E-state index contributed by atoms with van der Waals surface area (Å²) in [5, 5.41) is 2.79. The molecule has 0 bridgehead atoms. The standard InChI is InChI=1S/C27H27F2N3O5/c1-4-31-14-13-16(2)23(26(31)35)32-15-21(17-5-9-19(36-3)10-6-17)22(25(32)34)30-24(33)18-7-11-20(12-8-18)37-27(28)29/h5-14,21-22,27H,4,15H2,1-3H3,(H,30,33)/t21-,22-/m0/s1. The summed E-state index contributed by atoms with van der Waals surface area (Å²) in [7, 11) is 1.55. The quantitative estimate of drug-likeness (QED) is 0.498. The Hall–Kier alpha value is -4.21. The Balaban J connectivity index is 1.68. The highest BCUT2D eigenvalue weighted by atomic mass is 19.3. The number of rotatable bonds is 8. The maximum Gasteiger partial charge on any atom is 0.387 e. The molecular weight excluding hydrogens is 484 g/mol. The van der Waals surface area contributed by atoms with Crippen molar-refractivity contribution in [3.63, 3.8) is 0 Å².